The van der Waals surface area contributed by atoms with E-state index in [4.69, 9.17) is 0 Å². The number of aromatic nitrogens is 2. The first-order valence-electron chi connectivity index (χ1n) is 2.92. The quantitative estimate of drug-likeness (QED) is 0.490. The van der Waals surface area contributed by atoms with Gasteiger partial charge in [0.2, 0.25) is 0 Å². The standard InChI is InChI=1S/C5H7N3O2/c1-2-4-3-6-7-5(4)8(9)10/h3H,2H2,1H3,(H,6,7). The molecule has 0 atom stereocenters. The minimum atomic E-state index is -0.466. The first-order chi connectivity index (χ1) is 4.75. The van der Waals surface area contributed by atoms with Crippen LogP contribution in [0.4, 0.5) is 5.82 Å². The summed E-state index contributed by atoms with van der Waals surface area (Å²) in [5, 5.41) is 16.0. The summed E-state index contributed by atoms with van der Waals surface area (Å²) in [5.74, 6) is 0.00231. The van der Waals surface area contributed by atoms with Gasteiger partial charge in [-0.05, 0) is 11.3 Å². The third kappa shape index (κ3) is 0.975. The van der Waals surface area contributed by atoms with Crippen LogP contribution in [-0.4, -0.2) is 15.1 Å². The number of nitrogens with zero attached hydrogens (tertiary/aromatic N) is 2. The summed E-state index contributed by atoms with van der Waals surface area (Å²) in [6.07, 6.45) is 2.10. The van der Waals surface area contributed by atoms with E-state index < -0.39 is 4.92 Å². The first-order valence-corrected chi connectivity index (χ1v) is 2.92. The van der Waals surface area contributed by atoms with Gasteiger partial charge in [0.15, 0.2) is 0 Å². The van der Waals surface area contributed by atoms with E-state index in [9.17, 15) is 10.1 Å². The van der Waals surface area contributed by atoms with Crippen molar-refractivity contribution in [2.45, 2.75) is 13.3 Å². The second-order valence-electron chi connectivity index (χ2n) is 1.85. The molecule has 0 aliphatic rings. The van der Waals surface area contributed by atoms with Crippen LogP contribution >= 0.6 is 0 Å². The van der Waals surface area contributed by atoms with E-state index in [1.807, 2.05) is 6.92 Å². The van der Waals surface area contributed by atoms with E-state index in [1.165, 1.54) is 6.20 Å². The van der Waals surface area contributed by atoms with Crippen molar-refractivity contribution in [2.75, 3.05) is 0 Å². The van der Waals surface area contributed by atoms with Gasteiger partial charge in [0.1, 0.15) is 0 Å². The number of nitro groups is 1. The van der Waals surface area contributed by atoms with Crippen molar-refractivity contribution in [3.05, 3.63) is 21.9 Å². The molecule has 0 unspecified atom stereocenters. The maximum atomic E-state index is 10.2. The fourth-order valence-corrected chi connectivity index (χ4v) is 0.721. The van der Waals surface area contributed by atoms with Gasteiger partial charge >= 0.3 is 5.82 Å². The summed E-state index contributed by atoms with van der Waals surface area (Å²) < 4.78 is 0. The molecule has 0 aliphatic heterocycles. The van der Waals surface area contributed by atoms with Gasteiger partial charge in [-0.2, -0.15) is 0 Å². The normalized spacial score (nSPS) is 9.70. The molecule has 0 spiro atoms. The molecule has 1 N–H and O–H groups in total. The average molecular weight is 141 g/mol. The Hall–Kier alpha value is -1.39. The van der Waals surface area contributed by atoms with Gasteiger partial charge in [0, 0.05) is 0 Å². The molecule has 0 bridgehead atoms. The molecule has 0 radical (unpaired) electrons. The number of aromatic amines is 1. The minimum absolute atomic E-state index is 0.00231. The van der Waals surface area contributed by atoms with E-state index in [2.05, 4.69) is 10.2 Å². The fraction of sp³-hybridized carbons (Fsp3) is 0.400. The predicted molar refractivity (Wildman–Crippen MR) is 34.6 cm³/mol. The molecule has 0 saturated heterocycles. The van der Waals surface area contributed by atoms with Crippen molar-refractivity contribution >= 4 is 5.82 Å². The molecule has 54 valence electrons. The molecule has 0 amide bonds. The monoisotopic (exact) mass is 141 g/mol. The summed E-state index contributed by atoms with van der Waals surface area (Å²) in [4.78, 5) is 9.71. The Morgan fingerprint density at radius 2 is 2.60 bits per heavy atom. The van der Waals surface area contributed by atoms with Crippen molar-refractivity contribution in [3.63, 3.8) is 0 Å². The van der Waals surface area contributed by atoms with Gasteiger partial charge in [-0.25, -0.2) is 0 Å². The van der Waals surface area contributed by atoms with E-state index in [0.717, 1.165) is 0 Å². The van der Waals surface area contributed by atoms with Crippen LogP contribution in [0.5, 0.6) is 0 Å². The molecule has 0 aliphatic carbocycles. The van der Waals surface area contributed by atoms with Crippen LogP contribution < -0.4 is 0 Å². The van der Waals surface area contributed by atoms with Crippen LogP contribution in [0.3, 0.4) is 0 Å². The van der Waals surface area contributed by atoms with Gasteiger partial charge in [-0.15, -0.1) is 5.10 Å². The fourth-order valence-electron chi connectivity index (χ4n) is 0.721. The summed E-state index contributed by atoms with van der Waals surface area (Å²) >= 11 is 0. The van der Waals surface area contributed by atoms with Gasteiger partial charge in [-0.3, -0.25) is 0 Å². The summed E-state index contributed by atoms with van der Waals surface area (Å²) in [6, 6.07) is 0. The molecular formula is C5H7N3O2. The molecule has 1 aromatic heterocycles. The highest BCUT2D eigenvalue weighted by atomic mass is 16.6. The molecule has 0 saturated carbocycles. The van der Waals surface area contributed by atoms with Crippen molar-refractivity contribution in [2.24, 2.45) is 0 Å². The van der Waals surface area contributed by atoms with Crippen LogP contribution in [0.2, 0.25) is 0 Å². The maximum Gasteiger partial charge on any atom is 0.345 e. The minimum Gasteiger partial charge on any atom is -0.358 e. The Balaban J connectivity index is 3.01. The second kappa shape index (κ2) is 2.47. The predicted octanol–water partition coefficient (Wildman–Crippen LogP) is 0.880. The average Bonchev–Trinajstić information content (AvgIpc) is 2.33. The van der Waals surface area contributed by atoms with E-state index >= 15 is 0 Å². The zero-order valence-electron chi connectivity index (χ0n) is 5.50. The van der Waals surface area contributed by atoms with Gasteiger partial charge in [-0.1, -0.05) is 12.0 Å². The lowest BCUT2D eigenvalue weighted by molar-refractivity contribution is -0.390. The van der Waals surface area contributed by atoms with Gasteiger partial charge < -0.3 is 10.1 Å². The van der Waals surface area contributed by atoms with Crippen molar-refractivity contribution in [3.8, 4) is 0 Å². The van der Waals surface area contributed by atoms with Crippen molar-refractivity contribution < 1.29 is 4.92 Å². The van der Waals surface area contributed by atoms with E-state index in [1.54, 1.807) is 0 Å². The molecule has 5 nitrogen and oxygen atoms in total. The zero-order chi connectivity index (χ0) is 7.56. The summed E-state index contributed by atoms with van der Waals surface area (Å²) in [5.41, 5.74) is 0.644. The summed E-state index contributed by atoms with van der Waals surface area (Å²) in [7, 11) is 0. The van der Waals surface area contributed by atoms with Crippen LogP contribution in [0.25, 0.3) is 0 Å². The second-order valence-corrected chi connectivity index (χ2v) is 1.85. The highest BCUT2D eigenvalue weighted by Crippen LogP contribution is 2.12. The van der Waals surface area contributed by atoms with Crippen LogP contribution in [0.1, 0.15) is 12.5 Å². The van der Waals surface area contributed by atoms with Crippen LogP contribution in [0, 0.1) is 10.1 Å². The lowest BCUT2D eigenvalue weighted by Gasteiger charge is -1.90. The number of hydrogen-bond donors (Lipinski definition) is 1. The van der Waals surface area contributed by atoms with E-state index in [0.29, 0.717) is 12.0 Å². The van der Waals surface area contributed by atoms with Gasteiger partial charge in [0.25, 0.3) is 0 Å². The Kier molecular flexibility index (Phi) is 1.66. The molecule has 1 rings (SSSR count). The Morgan fingerprint density at radius 1 is 1.90 bits per heavy atom. The Morgan fingerprint density at radius 3 is 3.00 bits per heavy atom. The highest BCUT2D eigenvalue weighted by Gasteiger charge is 2.11. The lowest BCUT2D eigenvalue weighted by atomic mass is 10.3. The summed E-state index contributed by atoms with van der Waals surface area (Å²) in [6.45, 7) is 1.85. The number of aryl methyl sites for hydroxylation is 1. The molecule has 1 heterocycles. The van der Waals surface area contributed by atoms with E-state index in [-0.39, 0.29) is 5.82 Å². The third-order valence-corrected chi connectivity index (χ3v) is 1.26. The third-order valence-electron chi connectivity index (χ3n) is 1.26. The molecule has 1 aromatic rings. The molecule has 0 fully saturated rings. The SMILES string of the molecule is CCc1cn[nH]c1[N+](=O)[O-]. The van der Waals surface area contributed by atoms with Crippen molar-refractivity contribution in [1.82, 2.24) is 10.2 Å². The van der Waals surface area contributed by atoms with Crippen LogP contribution in [0.15, 0.2) is 6.20 Å². The smallest absolute Gasteiger partial charge is 0.345 e. The Labute approximate surface area is 57.2 Å². The van der Waals surface area contributed by atoms with Crippen molar-refractivity contribution in [1.29, 1.82) is 0 Å². The zero-order valence-corrected chi connectivity index (χ0v) is 5.50. The van der Waals surface area contributed by atoms with Crippen LogP contribution in [-0.2, 0) is 6.42 Å². The molecule has 0 aromatic carbocycles. The number of H-pyrrole nitrogens is 1. The molecule has 10 heavy (non-hydrogen) atoms. The highest BCUT2D eigenvalue weighted by molar-refractivity contribution is 5.28. The molecule has 5 heteroatoms. The first kappa shape index (κ1) is 6.73. The number of hydrogen-bond acceptors (Lipinski definition) is 3. The number of nitrogens with one attached hydrogen (secondary N) is 1. The maximum absolute atomic E-state index is 10.2. The number of rotatable bonds is 2. The topological polar surface area (TPSA) is 71.8 Å². The lowest BCUT2D eigenvalue weighted by Crippen LogP contribution is -1.91. The van der Waals surface area contributed by atoms with Gasteiger partial charge in [0.05, 0.1) is 11.8 Å². The molecular weight excluding hydrogens is 134 g/mol. The largest absolute Gasteiger partial charge is 0.358 e. The Bertz CT molecular complexity index is 243.